The molecular weight excluding hydrogens is 250 g/mol. The van der Waals surface area contributed by atoms with Gasteiger partial charge in [0, 0.05) is 6.08 Å². The highest BCUT2D eigenvalue weighted by Gasteiger charge is 2.24. The number of allylic oxidation sites excluding steroid dienone is 1. The van der Waals surface area contributed by atoms with E-state index in [-0.39, 0.29) is 6.61 Å². The number of ketones is 1. The van der Waals surface area contributed by atoms with Gasteiger partial charge in [0.05, 0.1) is 11.5 Å². The standard InChI is InChI=1S/C13H13NO5/c1-2-19-13(16)9-12(15)11(14(17)18)8-10-6-4-3-5-7-10/h3-8H,2,9H2,1H3. The molecule has 19 heavy (non-hydrogen) atoms. The minimum atomic E-state index is -0.868. The Kier molecular flexibility index (Phi) is 5.40. The van der Waals surface area contributed by atoms with E-state index >= 15 is 0 Å². The van der Waals surface area contributed by atoms with E-state index in [4.69, 9.17) is 0 Å². The number of hydrogen-bond acceptors (Lipinski definition) is 5. The molecule has 100 valence electrons. The van der Waals surface area contributed by atoms with Gasteiger partial charge in [-0.3, -0.25) is 19.7 Å². The van der Waals surface area contributed by atoms with Crippen LogP contribution in [0.3, 0.4) is 0 Å². The summed E-state index contributed by atoms with van der Waals surface area (Å²) < 4.78 is 4.58. The van der Waals surface area contributed by atoms with Crippen LogP contribution in [0, 0.1) is 10.1 Å². The molecule has 1 aromatic rings. The van der Waals surface area contributed by atoms with Gasteiger partial charge >= 0.3 is 11.7 Å². The molecule has 0 spiro atoms. The van der Waals surface area contributed by atoms with Gasteiger partial charge in [-0.1, -0.05) is 30.3 Å². The van der Waals surface area contributed by atoms with Crippen molar-refractivity contribution in [1.82, 2.24) is 0 Å². The summed E-state index contributed by atoms with van der Waals surface area (Å²) in [5.74, 6) is -1.64. The maximum atomic E-state index is 11.7. The van der Waals surface area contributed by atoms with E-state index in [9.17, 15) is 19.7 Å². The fraction of sp³-hybridized carbons (Fsp3) is 0.231. The molecule has 1 rings (SSSR count). The molecule has 0 radical (unpaired) electrons. The summed E-state index contributed by atoms with van der Waals surface area (Å²) in [5, 5.41) is 10.8. The second kappa shape index (κ2) is 7.05. The molecule has 0 heterocycles. The van der Waals surface area contributed by atoms with E-state index in [0.29, 0.717) is 5.56 Å². The second-order valence-electron chi connectivity index (χ2n) is 3.60. The van der Waals surface area contributed by atoms with E-state index in [2.05, 4.69) is 4.74 Å². The molecule has 0 unspecified atom stereocenters. The van der Waals surface area contributed by atoms with E-state index in [1.165, 1.54) is 0 Å². The zero-order valence-electron chi connectivity index (χ0n) is 10.4. The minimum absolute atomic E-state index is 0.127. The molecule has 0 N–H and O–H groups in total. The van der Waals surface area contributed by atoms with Gasteiger partial charge < -0.3 is 4.74 Å². The van der Waals surface area contributed by atoms with Gasteiger partial charge in [-0.05, 0) is 12.5 Å². The van der Waals surface area contributed by atoms with Gasteiger partial charge in [0.2, 0.25) is 5.78 Å². The van der Waals surface area contributed by atoms with Crippen LogP contribution in [-0.4, -0.2) is 23.3 Å². The van der Waals surface area contributed by atoms with Gasteiger partial charge in [0.1, 0.15) is 6.42 Å². The molecule has 0 fully saturated rings. The topological polar surface area (TPSA) is 86.5 Å². The first-order valence-corrected chi connectivity index (χ1v) is 5.64. The van der Waals surface area contributed by atoms with Crippen LogP contribution >= 0.6 is 0 Å². The van der Waals surface area contributed by atoms with Crippen LogP contribution in [0.1, 0.15) is 18.9 Å². The molecule has 1 aromatic carbocycles. The first-order chi connectivity index (χ1) is 9.04. The Balaban J connectivity index is 2.90. The Morgan fingerprint density at radius 2 is 1.95 bits per heavy atom. The molecule has 0 saturated carbocycles. The Hall–Kier alpha value is -2.50. The highest BCUT2D eigenvalue weighted by Crippen LogP contribution is 2.10. The number of esters is 1. The molecule has 0 aliphatic rings. The molecule has 0 saturated heterocycles. The molecule has 0 aromatic heterocycles. The van der Waals surface area contributed by atoms with Crippen molar-refractivity contribution in [3.63, 3.8) is 0 Å². The van der Waals surface area contributed by atoms with Crippen LogP contribution in [0.15, 0.2) is 36.0 Å². The molecule has 0 bridgehead atoms. The van der Waals surface area contributed by atoms with Crippen molar-refractivity contribution in [3.8, 4) is 0 Å². The number of carbonyl (C=O) groups excluding carboxylic acids is 2. The van der Waals surface area contributed by atoms with Crippen molar-refractivity contribution in [2.75, 3.05) is 6.61 Å². The van der Waals surface area contributed by atoms with Crippen LogP contribution in [0.4, 0.5) is 0 Å². The predicted octanol–water partition coefficient (Wildman–Crippen LogP) is 1.83. The van der Waals surface area contributed by atoms with Gasteiger partial charge in [0.25, 0.3) is 0 Å². The number of nitrogens with zero attached hydrogens (tertiary/aromatic N) is 1. The van der Waals surface area contributed by atoms with Crippen LogP contribution in [-0.2, 0) is 14.3 Å². The minimum Gasteiger partial charge on any atom is -0.466 e. The summed E-state index contributed by atoms with van der Waals surface area (Å²) in [7, 11) is 0. The number of Topliss-reactive ketones (excluding diaryl/α,β-unsaturated/α-hetero) is 1. The van der Waals surface area contributed by atoms with Crippen LogP contribution in [0.2, 0.25) is 0 Å². The fourth-order valence-corrected chi connectivity index (χ4v) is 1.38. The Morgan fingerprint density at radius 3 is 2.47 bits per heavy atom. The lowest BCUT2D eigenvalue weighted by Crippen LogP contribution is -2.17. The van der Waals surface area contributed by atoms with E-state index in [1.54, 1.807) is 37.3 Å². The van der Waals surface area contributed by atoms with Crippen LogP contribution in [0.25, 0.3) is 6.08 Å². The van der Waals surface area contributed by atoms with Crippen molar-refractivity contribution in [3.05, 3.63) is 51.7 Å². The largest absolute Gasteiger partial charge is 0.466 e. The van der Waals surface area contributed by atoms with Crippen LogP contribution < -0.4 is 0 Å². The maximum absolute atomic E-state index is 11.7. The molecular formula is C13H13NO5. The highest BCUT2D eigenvalue weighted by molar-refractivity contribution is 6.06. The highest BCUT2D eigenvalue weighted by atomic mass is 16.6. The SMILES string of the molecule is CCOC(=O)CC(=O)C(=Cc1ccccc1)[N+](=O)[O-]. The number of rotatable bonds is 6. The summed E-state index contributed by atoms with van der Waals surface area (Å²) in [6.45, 7) is 1.72. The first kappa shape index (κ1) is 14.6. The summed E-state index contributed by atoms with van der Waals surface area (Å²) in [6.07, 6.45) is 0.509. The summed E-state index contributed by atoms with van der Waals surface area (Å²) >= 11 is 0. The Bertz CT molecular complexity index is 507. The van der Waals surface area contributed by atoms with Crippen molar-refractivity contribution < 1.29 is 19.2 Å². The normalized spacial score (nSPS) is 10.9. The van der Waals surface area contributed by atoms with Gasteiger partial charge in [-0.2, -0.15) is 0 Å². The number of benzene rings is 1. The molecule has 0 aliphatic heterocycles. The molecule has 6 heteroatoms. The van der Waals surface area contributed by atoms with Crippen molar-refractivity contribution in [1.29, 1.82) is 0 Å². The average molecular weight is 263 g/mol. The molecule has 0 aliphatic carbocycles. The third-order valence-electron chi connectivity index (χ3n) is 2.20. The summed E-state index contributed by atoms with van der Waals surface area (Å²) in [4.78, 5) is 32.9. The average Bonchev–Trinajstić information content (AvgIpc) is 2.36. The molecule has 6 nitrogen and oxygen atoms in total. The lowest BCUT2D eigenvalue weighted by atomic mass is 10.1. The summed E-state index contributed by atoms with van der Waals surface area (Å²) in [5.41, 5.74) is -0.106. The second-order valence-corrected chi connectivity index (χ2v) is 3.60. The maximum Gasteiger partial charge on any atom is 0.313 e. The lowest BCUT2D eigenvalue weighted by Gasteiger charge is -2.00. The monoisotopic (exact) mass is 263 g/mol. The van der Waals surface area contributed by atoms with Crippen LogP contribution in [0.5, 0.6) is 0 Å². The smallest absolute Gasteiger partial charge is 0.313 e. The molecule has 0 amide bonds. The van der Waals surface area contributed by atoms with Gasteiger partial charge in [-0.15, -0.1) is 0 Å². The Morgan fingerprint density at radius 1 is 1.32 bits per heavy atom. The quantitative estimate of drug-likeness (QED) is 0.257. The fourth-order valence-electron chi connectivity index (χ4n) is 1.38. The predicted molar refractivity (Wildman–Crippen MR) is 67.7 cm³/mol. The van der Waals surface area contributed by atoms with Crippen molar-refractivity contribution in [2.45, 2.75) is 13.3 Å². The molecule has 0 atom stereocenters. The number of carbonyl (C=O) groups is 2. The number of ether oxygens (including phenoxy) is 1. The summed E-state index contributed by atoms with van der Waals surface area (Å²) in [6, 6.07) is 8.39. The van der Waals surface area contributed by atoms with Crippen molar-refractivity contribution >= 4 is 17.8 Å². The Labute approximate surface area is 109 Å². The number of nitro groups is 1. The number of hydrogen-bond donors (Lipinski definition) is 0. The van der Waals surface area contributed by atoms with E-state index in [0.717, 1.165) is 6.08 Å². The van der Waals surface area contributed by atoms with E-state index < -0.39 is 28.8 Å². The van der Waals surface area contributed by atoms with E-state index in [1.807, 2.05) is 0 Å². The van der Waals surface area contributed by atoms with Crippen molar-refractivity contribution in [2.24, 2.45) is 0 Å². The zero-order chi connectivity index (χ0) is 14.3. The third-order valence-corrected chi connectivity index (χ3v) is 2.20. The first-order valence-electron chi connectivity index (χ1n) is 5.64. The van der Waals surface area contributed by atoms with Gasteiger partial charge in [-0.25, -0.2) is 0 Å². The lowest BCUT2D eigenvalue weighted by molar-refractivity contribution is -0.417. The zero-order valence-corrected chi connectivity index (χ0v) is 10.4. The van der Waals surface area contributed by atoms with Gasteiger partial charge in [0.15, 0.2) is 0 Å². The third kappa shape index (κ3) is 4.71.